The smallest absolute Gasteiger partial charge is 0.242 e. The molecule has 2 amide bonds. The van der Waals surface area contributed by atoms with Crippen LogP contribution in [0.3, 0.4) is 0 Å². The van der Waals surface area contributed by atoms with Gasteiger partial charge in [-0.2, -0.15) is 0 Å². The van der Waals surface area contributed by atoms with Gasteiger partial charge in [0.1, 0.15) is 11.9 Å². The molecule has 0 radical (unpaired) electrons. The third-order valence-corrected chi connectivity index (χ3v) is 5.94. The molecule has 0 N–H and O–H groups in total. The molecule has 152 valence electrons. The fourth-order valence-electron chi connectivity index (χ4n) is 2.94. The molecule has 0 fully saturated rings. The zero-order chi connectivity index (χ0) is 20.7. The van der Waals surface area contributed by atoms with Gasteiger partial charge in [0.25, 0.3) is 0 Å². The Morgan fingerprint density at radius 3 is 2.29 bits per heavy atom. The molecular weight excluding hydrogens is 392 g/mol. The predicted molar refractivity (Wildman–Crippen MR) is 117 cm³/mol. The molecule has 0 aliphatic rings. The van der Waals surface area contributed by atoms with Crippen LogP contribution in [0.4, 0.5) is 0 Å². The van der Waals surface area contributed by atoms with E-state index in [1.165, 1.54) is 4.88 Å². The molecule has 2 atom stereocenters. The van der Waals surface area contributed by atoms with Gasteiger partial charge in [-0.15, -0.1) is 22.9 Å². The van der Waals surface area contributed by atoms with Crippen LogP contribution in [0.5, 0.6) is 0 Å². The van der Waals surface area contributed by atoms with E-state index < -0.39 is 5.38 Å². The Labute approximate surface area is 177 Å². The Morgan fingerprint density at radius 2 is 1.75 bits per heavy atom. The summed E-state index contributed by atoms with van der Waals surface area (Å²) in [4.78, 5) is 31.5. The van der Waals surface area contributed by atoms with Crippen LogP contribution in [0.25, 0.3) is 0 Å². The SMILES string of the molecule is CC[C@H](C)N(CC(=O)N(Cc1ccccc1)Cc1ccc(C)s1)C(=O)[C@@H](C)Cl. The van der Waals surface area contributed by atoms with Gasteiger partial charge in [-0.25, -0.2) is 0 Å². The van der Waals surface area contributed by atoms with E-state index in [0.29, 0.717) is 13.1 Å². The summed E-state index contributed by atoms with van der Waals surface area (Å²) in [5, 5.41) is -0.649. The number of hydrogen-bond donors (Lipinski definition) is 0. The van der Waals surface area contributed by atoms with E-state index in [4.69, 9.17) is 11.6 Å². The number of amides is 2. The molecule has 2 rings (SSSR count). The maximum Gasteiger partial charge on any atom is 0.242 e. The number of aryl methyl sites for hydroxylation is 1. The second-order valence-corrected chi connectivity index (χ2v) is 9.11. The fraction of sp³-hybridized carbons (Fsp3) is 0.455. The average molecular weight is 421 g/mol. The summed E-state index contributed by atoms with van der Waals surface area (Å²) < 4.78 is 0. The lowest BCUT2D eigenvalue weighted by molar-refractivity contribution is -0.142. The molecule has 28 heavy (non-hydrogen) atoms. The van der Waals surface area contributed by atoms with Crippen LogP contribution >= 0.6 is 22.9 Å². The fourth-order valence-corrected chi connectivity index (χ4v) is 3.97. The van der Waals surface area contributed by atoms with Crippen LogP contribution in [0.1, 0.15) is 42.5 Å². The maximum absolute atomic E-state index is 13.2. The number of thiophene rings is 1. The monoisotopic (exact) mass is 420 g/mol. The third kappa shape index (κ3) is 6.35. The molecule has 0 spiro atoms. The minimum atomic E-state index is -0.649. The van der Waals surface area contributed by atoms with E-state index in [0.717, 1.165) is 16.9 Å². The number of halogens is 1. The summed E-state index contributed by atoms with van der Waals surface area (Å²) in [5.41, 5.74) is 1.07. The lowest BCUT2D eigenvalue weighted by Crippen LogP contribution is -2.48. The van der Waals surface area contributed by atoms with E-state index in [9.17, 15) is 9.59 Å². The van der Waals surface area contributed by atoms with Crippen molar-refractivity contribution in [3.63, 3.8) is 0 Å². The lowest BCUT2D eigenvalue weighted by atomic mass is 10.2. The quantitative estimate of drug-likeness (QED) is 0.544. The van der Waals surface area contributed by atoms with Gasteiger partial charge in [0, 0.05) is 22.3 Å². The molecule has 1 aromatic heterocycles. The van der Waals surface area contributed by atoms with Crippen molar-refractivity contribution < 1.29 is 9.59 Å². The van der Waals surface area contributed by atoms with Crippen molar-refractivity contribution in [3.05, 3.63) is 57.8 Å². The largest absolute Gasteiger partial charge is 0.332 e. The molecule has 0 saturated carbocycles. The highest BCUT2D eigenvalue weighted by Crippen LogP contribution is 2.19. The molecule has 0 bridgehead atoms. The second-order valence-electron chi connectivity index (χ2n) is 7.09. The van der Waals surface area contributed by atoms with Crippen molar-refractivity contribution in [3.8, 4) is 0 Å². The number of carbonyl (C=O) groups is 2. The summed E-state index contributed by atoms with van der Waals surface area (Å²) in [7, 11) is 0. The maximum atomic E-state index is 13.2. The highest BCUT2D eigenvalue weighted by molar-refractivity contribution is 7.11. The lowest BCUT2D eigenvalue weighted by Gasteiger charge is -2.32. The van der Waals surface area contributed by atoms with E-state index in [2.05, 4.69) is 19.1 Å². The molecule has 2 aromatic rings. The highest BCUT2D eigenvalue weighted by Gasteiger charge is 2.27. The molecule has 4 nitrogen and oxygen atoms in total. The summed E-state index contributed by atoms with van der Waals surface area (Å²) in [6.07, 6.45) is 0.769. The Morgan fingerprint density at radius 1 is 1.07 bits per heavy atom. The van der Waals surface area contributed by atoms with Crippen molar-refractivity contribution in [1.82, 2.24) is 9.80 Å². The third-order valence-electron chi connectivity index (χ3n) is 4.76. The molecular formula is C22H29ClN2O2S. The summed E-state index contributed by atoms with van der Waals surface area (Å²) in [6, 6.07) is 14.0. The van der Waals surface area contributed by atoms with E-state index in [-0.39, 0.29) is 24.4 Å². The van der Waals surface area contributed by atoms with Gasteiger partial charge in [0.15, 0.2) is 0 Å². The zero-order valence-corrected chi connectivity index (χ0v) is 18.6. The molecule has 0 aliphatic heterocycles. The van der Waals surface area contributed by atoms with Crippen molar-refractivity contribution in [2.75, 3.05) is 6.54 Å². The molecule has 1 heterocycles. The van der Waals surface area contributed by atoms with Crippen molar-refractivity contribution in [2.45, 2.75) is 58.6 Å². The first-order valence-electron chi connectivity index (χ1n) is 9.63. The first-order valence-corrected chi connectivity index (χ1v) is 10.9. The standard InChI is InChI=1S/C22H29ClN2O2S/c1-5-16(2)25(22(27)18(4)23)15-21(26)24(13-19-9-7-6-8-10-19)14-20-12-11-17(3)28-20/h6-12,16,18H,5,13-15H2,1-4H3/t16-,18+/m0/s1. The molecule has 0 saturated heterocycles. The number of hydrogen-bond acceptors (Lipinski definition) is 3. The van der Waals surface area contributed by atoms with Crippen LogP contribution < -0.4 is 0 Å². The summed E-state index contributed by atoms with van der Waals surface area (Å²) in [6.45, 7) is 8.75. The van der Waals surface area contributed by atoms with Crippen LogP contribution in [-0.4, -0.2) is 39.6 Å². The number of alkyl halides is 1. The van der Waals surface area contributed by atoms with Crippen molar-refractivity contribution >= 4 is 34.8 Å². The first kappa shape index (κ1) is 22.4. The summed E-state index contributed by atoms with van der Waals surface area (Å²) >= 11 is 7.72. The van der Waals surface area contributed by atoms with Gasteiger partial charge in [-0.1, -0.05) is 37.3 Å². The normalized spacial score (nSPS) is 13.0. The van der Waals surface area contributed by atoms with Gasteiger partial charge in [-0.3, -0.25) is 9.59 Å². The van der Waals surface area contributed by atoms with Gasteiger partial charge in [-0.05, 0) is 44.9 Å². The Kier molecular flexibility index (Phi) is 8.52. The van der Waals surface area contributed by atoms with Crippen LogP contribution in [0.2, 0.25) is 0 Å². The molecule has 6 heteroatoms. The first-order chi connectivity index (χ1) is 13.3. The Bertz CT molecular complexity index is 776. The second kappa shape index (κ2) is 10.6. The minimum absolute atomic E-state index is 0.0415. The summed E-state index contributed by atoms with van der Waals surface area (Å²) in [5.74, 6) is -0.267. The number of carbonyl (C=O) groups excluding carboxylic acids is 2. The van der Waals surface area contributed by atoms with E-state index in [1.807, 2.05) is 49.1 Å². The van der Waals surface area contributed by atoms with Gasteiger partial charge in [0.2, 0.25) is 11.8 Å². The topological polar surface area (TPSA) is 40.6 Å². The Balaban J connectivity index is 2.21. The number of benzene rings is 1. The van der Waals surface area contributed by atoms with Crippen LogP contribution in [0, 0.1) is 6.92 Å². The van der Waals surface area contributed by atoms with Gasteiger partial charge in [0.05, 0.1) is 6.54 Å². The van der Waals surface area contributed by atoms with E-state index in [1.54, 1.807) is 23.2 Å². The molecule has 1 aromatic carbocycles. The average Bonchev–Trinajstić information content (AvgIpc) is 3.09. The van der Waals surface area contributed by atoms with Crippen molar-refractivity contribution in [2.24, 2.45) is 0 Å². The number of nitrogens with zero attached hydrogens (tertiary/aromatic N) is 2. The van der Waals surface area contributed by atoms with Gasteiger partial charge < -0.3 is 9.80 Å². The van der Waals surface area contributed by atoms with E-state index >= 15 is 0 Å². The number of rotatable bonds is 9. The predicted octanol–water partition coefficient (Wildman–Crippen LogP) is 4.84. The van der Waals surface area contributed by atoms with Crippen LogP contribution in [0.15, 0.2) is 42.5 Å². The van der Waals surface area contributed by atoms with Crippen molar-refractivity contribution in [1.29, 1.82) is 0 Å². The molecule has 0 unspecified atom stereocenters. The zero-order valence-electron chi connectivity index (χ0n) is 17.0. The minimum Gasteiger partial charge on any atom is -0.332 e. The Hall–Kier alpha value is -1.85. The van der Waals surface area contributed by atoms with Crippen LogP contribution in [-0.2, 0) is 22.7 Å². The highest BCUT2D eigenvalue weighted by atomic mass is 35.5. The molecule has 0 aliphatic carbocycles. The van der Waals surface area contributed by atoms with Gasteiger partial charge >= 0.3 is 0 Å².